The minimum atomic E-state index is 0.136. The Morgan fingerprint density at radius 1 is 1.73 bits per heavy atom. The highest BCUT2D eigenvalue weighted by Crippen LogP contribution is 2.03. The molecule has 0 amide bonds. The summed E-state index contributed by atoms with van der Waals surface area (Å²) in [6.45, 7) is 5.19. The number of nitrogens with zero attached hydrogens (tertiary/aromatic N) is 1. The Morgan fingerprint density at radius 2 is 2.27 bits per heavy atom. The van der Waals surface area contributed by atoms with Gasteiger partial charge in [-0.15, -0.1) is 0 Å². The molecule has 1 N–H and O–H groups in total. The summed E-state index contributed by atoms with van der Waals surface area (Å²) in [7, 11) is 1.50. The van der Waals surface area contributed by atoms with Crippen molar-refractivity contribution in [2.24, 2.45) is 4.99 Å². The third-order valence-electron chi connectivity index (χ3n) is 1.00. The van der Waals surface area contributed by atoms with E-state index in [4.69, 9.17) is 11.6 Å². The molecule has 0 aliphatic heterocycles. The summed E-state index contributed by atoms with van der Waals surface area (Å²) in [6, 6.07) is 0. The Hall–Kier alpha value is -0.830. The van der Waals surface area contributed by atoms with E-state index in [0.717, 1.165) is 0 Å². The molecule has 0 aromatic carbocycles. The van der Waals surface area contributed by atoms with Crippen molar-refractivity contribution in [3.8, 4) is 0 Å². The average Bonchev–Trinajstić information content (AvgIpc) is 1.99. The number of halogens is 2. The van der Waals surface area contributed by atoms with Gasteiger partial charge in [0.05, 0.1) is 5.70 Å². The maximum absolute atomic E-state index is 12.0. The molecule has 0 aliphatic carbocycles. The molecule has 0 saturated carbocycles. The van der Waals surface area contributed by atoms with Gasteiger partial charge in [0.15, 0.2) is 5.29 Å². The second kappa shape index (κ2) is 4.91. The number of nitrogens with one attached hydrogen (secondary N) is 1. The van der Waals surface area contributed by atoms with Gasteiger partial charge in [-0.05, 0) is 24.1 Å². The van der Waals surface area contributed by atoms with Crippen LogP contribution in [0, 0.1) is 0 Å². The molecule has 0 saturated heterocycles. The van der Waals surface area contributed by atoms with Crippen LogP contribution in [-0.4, -0.2) is 12.3 Å². The van der Waals surface area contributed by atoms with Crippen molar-refractivity contribution in [1.82, 2.24) is 5.32 Å². The van der Waals surface area contributed by atoms with Gasteiger partial charge in [0.25, 0.3) is 0 Å². The zero-order valence-corrected chi connectivity index (χ0v) is 7.24. The molecular formula is C7H10ClFN2. The predicted octanol–water partition coefficient (Wildman–Crippen LogP) is 2.19. The molecule has 0 heterocycles. The van der Waals surface area contributed by atoms with E-state index in [9.17, 15) is 4.39 Å². The minimum absolute atomic E-state index is 0.136. The van der Waals surface area contributed by atoms with Gasteiger partial charge < -0.3 is 5.32 Å². The Kier molecular flexibility index (Phi) is 4.54. The van der Waals surface area contributed by atoms with Gasteiger partial charge in [0.1, 0.15) is 6.33 Å². The molecule has 0 unspecified atom stereocenters. The van der Waals surface area contributed by atoms with Crippen LogP contribution in [0.2, 0.25) is 0 Å². The molecule has 0 aromatic heterocycles. The first-order valence-electron chi connectivity index (χ1n) is 2.97. The van der Waals surface area contributed by atoms with Gasteiger partial charge in [-0.2, -0.15) is 0 Å². The molecule has 0 aliphatic rings. The first kappa shape index (κ1) is 10.2. The monoisotopic (exact) mass is 176 g/mol. The van der Waals surface area contributed by atoms with Crippen molar-refractivity contribution in [2.45, 2.75) is 6.92 Å². The van der Waals surface area contributed by atoms with Gasteiger partial charge >= 0.3 is 0 Å². The Labute approximate surface area is 70.5 Å². The standard InChI is InChI=1S/C7H10ClFN2/c1-5(2)6(4-9)11-7(8)10-3/h4H,1H2,2-3H3,(H,10,11)/b6-4-. The largest absolute Gasteiger partial charge is 0.329 e. The van der Waals surface area contributed by atoms with Crippen LogP contribution in [0.3, 0.4) is 0 Å². The van der Waals surface area contributed by atoms with Gasteiger partial charge in [-0.1, -0.05) is 6.58 Å². The third kappa shape index (κ3) is 3.78. The highest BCUT2D eigenvalue weighted by molar-refractivity contribution is 6.64. The number of allylic oxidation sites excluding steroid dienone is 1. The predicted molar refractivity (Wildman–Crippen MR) is 46.4 cm³/mol. The minimum Gasteiger partial charge on any atom is -0.329 e. The highest BCUT2D eigenvalue weighted by atomic mass is 35.5. The molecule has 0 fully saturated rings. The summed E-state index contributed by atoms with van der Waals surface area (Å²) in [6.07, 6.45) is 0.399. The summed E-state index contributed by atoms with van der Waals surface area (Å²) in [5.74, 6) is 0. The SMILES string of the molecule is C=C(C)/C(=C/F)NC(Cl)=NC. The van der Waals surface area contributed by atoms with Crippen molar-refractivity contribution in [2.75, 3.05) is 7.05 Å². The molecule has 0 rings (SSSR count). The maximum atomic E-state index is 12.0. The summed E-state index contributed by atoms with van der Waals surface area (Å²) in [4.78, 5) is 3.58. The van der Waals surface area contributed by atoms with Crippen molar-refractivity contribution >= 4 is 16.9 Å². The topological polar surface area (TPSA) is 24.4 Å². The van der Waals surface area contributed by atoms with Crippen molar-refractivity contribution in [1.29, 1.82) is 0 Å². The smallest absolute Gasteiger partial charge is 0.195 e. The van der Waals surface area contributed by atoms with E-state index in [1.165, 1.54) is 7.05 Å². The second-order valence-electron chi connectivity index (χ2n) is 1.94. The zero-order valence-electron chi connectivity index (χ0n) is 6.49. The van der Waals surface area contributed by atoms with E-state index in [1.54, 1.807) is 6.92 Å². The maximum Gasteiger partial charge on any atom is 0.195 e. The number of hydrogen-bond acceptors (Lipinski definition) is 1. The van der Waals surface area contributed by atoms with Gasteiger partial charge in [0, 0.05) is 7.05 Å². The fraction of sp³-hybridized carbons (Fsp3) is 0.286. The molecule has 2 nitrogen and oxygen atoms in total. The van der Waals surface area contributed by atoms with Crippen LogP contribution in [0.5, 0.6) is 0 Å². The quantitative estimate of drug-likeness (QED) is 0.297. The first-order valence-corrected chi connectivity index (χ1v) is 3.35. The van der Waals surface area contributed by atoms with Crippen LogP contribution >= 0.6 is 11.6 Å². The van der Waals surface area contributed by atoms with Crippen LogP contribution in [0.4, 0.5) is 4.39 Å². The lowest BCUT2D eigenvalue weighted by atomic mass is 10.3. The molecule has 62 valence electrons. The Balaban J connectivity index is 4.23. The Bertz CT molecular complexity index is 208. The Morgan fingerprint density at radius 3 is 2.55 bits per heavy atom. The normalized spacial score (nSPS) is 13.1. The van der Waals surface area contributed by atoms with Gasteiger partial charge in [0.2, 0.25) is 0 Å². The molecule has 4 heteroatoms. The summed E-state index contributed by atoms with van der Waals surface area (Å²) in [5, 5.41) is 2.65. The number of aliphatic imine (C=N–C) groups is 1. The van der Waals surface area contributed by atoms with E-state index in [1.807, 2.05) is 0 Å². The van der Waals surface area contributed by atoms with Crippen LogP contribution in [0.15, 0.2) is 29.2 Å². The van der Waals surface area contributed by atoms with Crippen LogP contribution < -0.4 is 5.32 Å². The van der Waals surface area contributed by atoms with Crippen LogP contribution in [-0.2, 0) is 0 Å². The molecule has 0 bridgehead atoms. The highest BCUT2D eigenvalue weighted by Gasteiger charge is 1.98. The lowest BCUT2D eigenvalue weighted by molar-refractivity contribution is 0.704. The molecule has 0 aromatic rings. The number of hydrogen-bond donors (Lipinski definition) is 1. The summed E-state index contributed by atoms with van der Waals surface area (Å²) < 4.78 is 12.0. The van der Waals surface area contributed by atoms with Crippen molar-refractivity contribution in [3.05, 3.63) is 24.2 Å². The molecule has 0 spiro atoms. The number of amidine groups is 1. The lowest BCUT2D eigenvalue weighted by Crippen LogP contribution is -2.17. The molecular weight excluding hydrogens is 167 g/mol. The fourth-order valence-electron chi connectivity index (χ4n) is 0.394. The molecule has 0 atom stereocenters. The average molecular weight is 177 g/mol. The van der Waals surface area contributed by atoms with E-state index in [2.05, 4.69) is 16.9 Å². The summed E-state index contributed by atoms with van der Waals surface area (Å²) >= 11 is 5.47. The van der Waals surface area contributed by atoms with Crippen molar-refractivity contribution < 1.29 is 4.39 Å². The number of rotatable bonds is 2. The van der Waals surface area contributed by atoms with Crippen molar-refractivity contribution in [3.63, 3.8) is 0 Å². The van der Waals surface area contributed by atoms with E-state index in [-0.39, 0.29) is 11.0 Å². The zero-order chi connectivity index (χ0) is 8.85. The van der Waals surface area contributed by atoms with Gasteiger partial charge in [-0.3, -0.25) is 4.99 Å². The second-order valence-corrected chi connectivity index (χ2v) is 2.30. The lowest BCUT2D eigenvalue weighted by Gasteiger charge is -2.05. The molecule has 11 heavy (non-hydrogen) atoms. The third-order valence-corrected chi connectivity index (χ3v) is 1.27. The van der Waals surface area contributed by atoms with E-state index >= 15 is 0 Å². The van der Waals surface area contributed by atoms with Gasteiger partial charge in [-0.25, -0.2) is 4.39 Å². The molecule has 0 radical (unpaired) electrons. The van der Waals surface area contributed by atoms with E-state index < -0.39 is 0 Å². The van der Waals surface area contributed by atoms with E-state index in [0.29, 0.717) is 11.9 Å². The summed E-state index contributed by atoms with van der Waals surface area (Å²) in [5.41, 5.74) is 0.801. The fourth-order valence-corrected chi connectivity index (χ4v) is 0.496. The first-order chi connectivity index (χ1) is 5.11. The van der Waals surface area contributed by atoms with Crippen LogP contribution in [0.25, 0.3) is 0 Å². The van der Waals surface area contributed by atoms with Crippen LogP contribution in [0.1, 0.15) is 6.92 Å².